The Morgan fingerprint density at radius 2 is 1.88 bits per heavy atom. The largest absolute Gasteiger partial charge is 0.382 e. The molecule has 0 fully saturated rings. The lowest BCUT2D eigenvalue weighted by Crippen LogP contribution is -2.07. The molecule has 0 aliphatic heterocycles. The van der Waals surface area contributed by atoms with E-state index in [1.165, 1.54) is 0 Å². The average Bonchev–Trinajstić information content (AvgIpc) is 2.15. The number of nitriles is 1. The summed E-state index contributed by atoms with van der Waals surface area (Å²) in [7, 11) is 0. The Bertz CT molecular complexity index is 421. The van der Waals surface area contributed by atoms with Gasteiger partial charge in [0.2, 0.25) is 0 Å². The number of rotatable bonds is 3. The van der Waals surface area contributed by atoms with Crippen molar-refractivity contribution in [3.8, 4) is 6.07 Å². The van der Waals surface area contributed by atoms with Crippen molar-refractivity contribution in [2.75, 3.05) is 5.73 Å². The van der Waals surface area contributed by atoms with Gasteiger partial charge in [0.1, 0.15) is 17.5 Å². The maximum atomic E-state index is 9.00. The summed E-state index contributed by atoms with van der Waals surface area (Å²) in [5.74, 6) is 0.454. The molecule has 0 aromatic carbocycles. The van der Waals surface area contributed by atoms with Crippen molar-refractivity contribution in [3.05, 3.63) is 11.3 Å². The van der Waals surface area contributed by atoms with Crippen molar-refractivity contribution in [2.45, 2.75) is 44.0 Å². The Balaban J connectivity index is 3.24. The molecule has 0 amide bonds. The number of nitrogens with two attached hydrogens (primary N) is 1. The Kier molecular flexibility index (Phi) is 4.13. The van der Waals surface area contributed by atoms with Crippen LogP contribution in [0.1, 0.15) is 44.9 Å². The summed E-state index contributed by atoms with van der Waals surface area (Å²) in [6.45, 7) is 8.12. The van der Waals surface area contributed by atoms with Crippen molar-refractivity contribution < 1.29 is 0 Å². The van der Waals surface area contributed by atoms with Gasteiger partial charge in [-0.3, -0.25) is 0 Å². The van der Waals surface area contributed by atoms with Crippen LogP contribution in [0.5, 0.6) is 0 Å². The third-order valence-corrected chi connectivity index (χ3v) is 2.81. The lowest BCUT2D eigenvalue weighted by atomic mass is 10.1. The molecule has 1 aromatic rings. The van der Waals surface area contributed by atoms with E-state index in [2.05, 4.69) is 29.9 Å². The van der Waals surface area contributed by atoms with Gasteiger partial charge in [-0.05, 0) is 5.92 Å². The van der Waals surface area contributed by atoms with Crippen molar-refractivity contribution in [2.24, 2.45) is 0 Å². The topological polar surface area (TPSA) is 75.6 Å². The molecule has 0 atom stereocenters. The Morgan fingerprint density at radius 3 is 2.31 bits per heavy atom. The molecule has 5 heteroatoms. The van der Waals surface area contributed by atoms with Crippen LogP contribution in [0.15, 0.2) is 5.16 Å². The van der Waals surface area contributed by atoms with Gasteiger partial charge in [0.05, 0.1) is 5.69 Å². The predicted octanol–water partition coefficient (Wildman–Crippen LogP) is 2.55. The standard InChI is InChI=1S/C11H16N4S/c1-6(2)9-8(5-12)10(13)15-11(14-9)16-7(3)4/h6-7H,1-4H3,(H2,13,14,15). The van der Waals surface area contributed by atoms with Gasteiger partial charge in [0.25, 0.3) is 0 Å². The van der Waals surface area contributed by atoms with Crippen LogP contribution in [-0.2, 0) is 0 Å². The summed E-state index contributed by atoms with van der Waals surface area (Å²) in [6, 6.07) is 2.07. The molecule has 4 nitrogen and oxygen atoms in total. The van der Waals surface area contributed by atoms with Crippen LogP contribution in [0.25, 0.3) is 0 Å². The zero-order valence-electron chi connectivity index (χ0n) is 9.98. The second-order valence-corrected chi connectivity index (χ2v) is 5.63. The van der Waals surface area contributed by atoms with E-state index in [0.717, 1.165) is 5.69 Å². The van der Waals surface area contributed by atoms with E-state index in [9.17, 15) is 0 Å². The Labute approximate surface area is 100 Å². The van der Waals surface area contributed by atoms with E-state index in [-0.39, 0.29) is 11.7 Å². The van der Waals surface area contributed by atoms with E-state index in [0.29, 0.717) is 16.0 Å². The highest BCUT2D eigenvalue weighted by molar-refractivity contribution is 7.99. The quantitative estimate of drug-likeness (QED) is 0.644. The molecule has 1 heterocycles. The average molecular weight is 236 g/mol. The summed E-state index contributed by atoms with van der Waals surface area (Å²) >= 11 is 1.55. The predicted molar refractivity (Wildman–Crippen MR) is 66.2 cm³/mol. The van der Waals surface area contributed by atoms with Crippen LogP contribution in [0.3, 0.4) is 0 Å². The smallest absolute Gasteiger partial charge is 0.190 e. The molecule has 0 spiro atoms. The maximum absolute atomic E-state index is 9.00. The Hall–Kier alpha value is -1.28. The summed E-state index contributed by atoms with van der Waals surface area (Å²) in [4.78, 5) is 8.53. The second kappa shape index (κ2) is 5.17. The van der Waals surface area contributed by atoms with Crippen LogP contribution in [0, 0.1) is 11.3 Å². The highest BCUT2D eigenvalue weighted by atomic mass is 32.2. The first-order chi connectivity index (χ1) is 7.45. The molecule has 86 valence electrons. The zero-order chi connectivity index (χ0) is 12.3. The lowest BCUT2D eigenvalue weighted by Gasteiger charge is -2.11. The van der Waals surface area contributed by atoms with Gasteiger partial charge < -0.3 is 5.73 Å². The van der Waals surface area contributed by atoms with E-state index in [4.69, 9.17) is 11.0 Å². The molecule has 0 aliphatic carbocycles. The first-order valence-corrected chi connectivity index (χ1v) is 6.07. The molecule has 1 aromatic heterocycles. The van der Waals surface area contributed by atoms with Crippen LogP contribution in [-0.4, -0.2) is 15.2 Å². The molecule has 0 radical (unpaired) electrons. The van der Waals surface area contributed by atoms with Crippen LogP contribution in [0.4, 0.5) is 5.82 Å². The normalized spacial score (nSPS) is 10.8. The van der Waals surface area contributed by atoms with Gasteiger partial charge in [-0.25, -0.2) is 9.97 Å². The lowest BCUT2D eigenvalue weighted by molar-refractivity contribution is 0.775. The SMILES string of the molecule is CC(C)Sc1nc(N)c(C#N)c(C(C)C)n1. The maximum Gasteiger partial charge on any atom is 0.190 e. The van der Waals surface area contributed by atoms with Crippen LogP contribution in [0.2, 0.25) is 0 Å². The molecule has 0 saturated heterocycles. The Morgan fingerprint density at radius 1 is 1.25 bits per heavy atom. The highest BCUT2D eigenvalue weighted by Gasteiger charge is 2.15. The summed E-state index contributed by atoms with van der Waals surface area (Å²) in [5, 5.41) is 10.0. The number of thioether (sulfide) groups is 1. The summed E-state index contributed by atoms with van der Waals surface area (Å²) in [6.07, 6.45) is 0. The number of anilines is 1. The minimum atomic E-state index is 0.173. The van der Waals surface area contributed by atoms with E-state index < -0.39 is 0 Å². The molecule has 1 rings (SSSR count). The van der Waals surface area contributed by atoms with Crippen molar-refractivity contribution in [3.63, 3.8) is 0 Å². The molecule has 16 heavy (non-hydrogen) atoms. The second-order valence-electron chi connectivity index (χ2n) is 4.08. The number of hydrogen-bond donors (Lipinski definition) is 1. The fourth-order valence-electron chi connectivity index (χ4n) is 1.27. The van der Waals surface area contributed by atoms with Crippen molar-refractivity contribution >= 4 is 17.6 Å². The van der Waals surface area contributed by atoms with Crippen molar-refractivity contribution in [1.82, 2.24) is 9.97 Å². The molecule has 2 N–H and O–H groups in total. The fourth-order valence-corrected chi connectivity index (χ4v) is 1.99. The monoisotopic (exact) mass is 236 g/mol. The van der Waals surface area contributed by atoms with E-state index in [1.54, 1.807) is 11.8 Å². The fraction of sp³-hybridized carbons (Fsp3) is 0.545. The van der Waals surface area contributed by atoms with Gasteiger partial charge >= 0.3 is 0 Å². The van der Waals surface area contributed by atoms with Gasteiger partial charge in [-0.2, -0.15) is 5.26 Å². The van der Waals surface area contributed by atoms with Gasteiger partial charge in [0, 0.05) is 5.25 Å². The number of nitrogen functional groups attached to an aromatic ring is 1. The summed E-state index contributed by atoms with van der Waals surface area (Å²) in [5.41, 5.74) is 6.90. The first kappa shape index (κ1) is 12.8. The molecular weight excluding hydrogens is 220 g/mol. The number of nitrogens with zero attached hydrogens (tertiary/aromatic N) is 3. The van der Waals surface area contributed by atoms with E-state index in [1.807, 2.05) is 13.8 Å². The third-order valence-electron chi connectivity index (χ3n) is 1.94. The highest BCUT2D eigenvalue weighted by Crippen LogP contribution is 2.26. The molecular formula is C11H16N4S. The minimum Gasteiger partial charge on any atom is -0.382 e. The molecule has 0 aliphatic rings. The zero-order valence-corrected chi connectivity index (χ0v) is 10.8. The first-order valence-electron chi connectivity index (χ1n) is 5.19. The van der Waals surface area contributed by atoms with Crippen LogP contribution >= 0.6 is 11.8 Å². The van der Waals surface area contributed by atoms with Crippen molar-refractivity contribution in [1.29, 1.82) is 5.26 Å². The van der Waals surface area contributed by atoms with E-state index >= 15 is 0 Å². The molecule has 0 saturated carbocycles. The molecule has 0 bridgehead atoms. The van der Waals surface area contributed by atoms with Gasteiger partial charge in [-0.15, -0.1) is 0 Å². The minimum absolute atomic E-state index is 0.173. The third kappa shape index (κ3) is 2.86. The van der Waals surface area contributed by atoms with Gasteiger partial charge in [0.15, 0.2) is 5.16 Å². The number of hydrogen-bond acceptors (Lipinski definition) is 5. The number of aromatic nitrogens is 2. The van der Waals surface area contributed by atoms with Gasteiger partial charge in [-0.1, -0.05) is 39.5 Å². The molecule has 0 unspecified atom stereocenters. The summed E-state index contributed by atoms with van der Waals surface area (Å²) < 4.78 is 0. The van der Waals surface area contributed by atoms with Crippen LogP contribution < -0.4 is 5.73 Å².